The number of fused-ring (bicyclic) bond motifs is 1. The van der Waals surface area contributed by atoms with Gasteiger partial charge in [-0.1, -0.05) is 6.58 Å². The summed E-state index contributed by atoms with van der Waals surface area (Å²) in [5, 5.41) is 7.43. The standard InChI is InChI=1S/C23H30FN9O/c1-5-20(34)26-19-12-32(11-17(19)24)23-27-18(21-22(28-23)31(4)13-25-21)8-15-9-33(29-14(15)2)16-6-7-30(3)10-16/h5,9,13,16-17,19H,1,6-8,10-12H2,2-4H3,(H,26,34)/t16?,17-,19-/m1/s1. The highest BCUT2D eigenvalue weighted by molar-refractivity contribution is 5.87. The Kier molecular flexibility index (Phi) is 5.80. The van der Waals surface area contributed by atoms with Gasteiger partial charge in [-0.05, 0) is 38.6 Å². The number of aromatic nitrogens is 6. The number of carbonyl (C=O) groups excluding carboxylic acids is 1. The van der Waals surface area contributed by atoms with Gasteiger partial charge >= 0.3 is 0 Å². The molecule has 0 aromatic carbocycles. The van der Waals surface area contributed by atoms with Crippen LogP contribution in [0, 0.1) is 6.92 Å². The lowest BCUT2D eigenvalue weighted by Crippen LogP contribution is -2.40. The van der Waals surface area contributed by atoms with Crippen LogP contribution in [0.5, 0.6) is 0 Å². The number of likely N-dealkylation sites (tertiary alicyclic amines) is 1. The minimum absolute atomic E-state index is 0.108. The molecule has 3 atom stereocenters. The van der Waals surface area contributed by atoms with Crippen LogP contribution in [0.25, 0.3) is 11.2 Å². The van der Waals surface area contributed by atoms with E-state index in [0.29, 0.717) is 24.1 Å². The molecule has 0 saturated carbocycles. The molecule has 0 aliphatic carbocycles. The van der Waals surface area contributed by atoms with E-state index in [1.165, 1.54) is 0 Å². The number of rotatable bonds is 6. The van der Waals surface area contributed by atoms with Crippen LogP contribution in [-0.4, -0.2) is 85.5 Å². The quantitative estimate of drug-likeness (QED) is 0.544. The molecule has 34 heavy (non-hydrogen) atoms. The highest BCUT2D eigenvalue weighted by Gasteiger charge is 2.35. The monoisotopic (exact) mass is 467 g/mol. The SMILES string of the molecule is C=CC(=O)N[C@@H]1CN(c2nc(Cc3cn(C4CCN(C)C4)nc3C)c3ncn(C)c3n2)C[C@H]1F. The average molecular weight is 468 g/mol. The normalized spacial score (nSPS) is 23.2. The van der Waals surface area contributed by atoms with Gasteiger partial charge in [0.15, 0.2) is 5.65 Å². The molecule has 2 saturated heterocycles. The Balaban J connectivity index is 1.44. The van der Waals surface area contributed by atoms with Gasteiger partial charge < -0.3 is 19.7 Å². The summed E-state index contributed by atoms with van der Waals surface area (Å²) in [5.74, 6) is 0.0469. The lowest BCUT2D eigenvalue weighted by molar-refractivity contribution is -0.117. The van der Waals surface area contributed by atoms with Crippen molar-refractivity contribution < 1.29 is 9.18 Å². The fourth-order valence-corrected chi connectivity index (χ4v) is 4.81. The smallest absolute Gasteiger partial charge is 0.243 e. The molecule has 5 rings (SSSR count). The number of aryl methyl sites for hydroxylation is 2. The number of amides is 1. The van der Waals surface area contributed by atoms with Crippen molar-refractivity contribution in [3.63, 3.8) is 0 Å². The van der Waals surface area contributed by atoms with E-state index in [9.17, 15) is 9.18 Å². The van der Waals surface area contributed by atoms with Gasteiger partial charge in [0.05, 0.1) is 36.3 Å². The Morgan fingerprint density at radius 3 is 2.85 bits per heavy atom. The molecule has 2 aliphatic rings. The molecule has 5 heterocycles. The Morgan fingerprint density at radius 2 is 2.12 bits per heavy atom. The van der Waals surface area contributed by atoms with Crippen molar-refractivity contribution >= 4 is 23.0 Å². The minimum atomic E-state index is -1.22. The van der Waals surface area contributed by atoms with Crippen LogP contribution >= 0.6 is 0 Å². The summed E-state index contributed by atoms with van der Waals surface area (Å²) in [5.41, 5.74) is 4.26. The van der Waals surface area contributed by atoms with Crippen LogP contribution in [0.3, 0.4) is 0 Å². The van der Waals surface area contributed by atoms with E-state index >= 15 is 0 Å². The molecule has 1 amide bonds. The number of nitrogens with zero attached hydrogens (tertiary/aromatic N) is 8. The number of alkyl halides is 1. The number of halogens is 1. The first-order chi connectivity index (χ1) is 16.3. The molecule has 2 fully saturated rings. The lowest BCUT2D eigenvalue weighted by atomic mass is 10.1. The highest BCUT2D eigenvalue weighted by atomic mass is 19.1. The van der Waals surface area contributed by atoms with Crippen LogP contribution in [-0.2, 0) is 18.3 Å². The molecule has 0 radical (unpaired) electrons. The van der Waals surface area contributed by atoms with Crippen molar-refractivity contribution in [2.45, 2.75) is 38.0 Å². The van der Waals surface area contributed by atoms with Crippen molar-refractivity contribution in [3.8, 4) is 0 Å². The highest BCUT2D eigenvalue weighted by Crippen LogP contribution is 2.26. The van der Waals surface area contributed by atoms with Crippen LogP contribution in [0.4, 0.5) is 10.3 Å². The fourth-order valence-electron chi connectivity index (χ4n) is 4.81. The number of carbonyl (C=O) groups is 1. The fraction of sp³-hybridized carbons (Fsp3) is 0.522. The minimum Gasteiger partial charge on any atom is -0.345 e. The maximum Gasteiger partial charge on any atom is 0.243 e. The third-order valence-corrected chi connectivity index (χ3v) is 6.78. The van der Waals surface area contributed by atoms with Crippen molar-refractivity contribution in [1.29, 1.82) is 0 Å². The van der Waals surface area contributed by atoms with Gasteiger partial charge in [0, 0.05) is 32.8 Å². The van der Waals surface area contributed by atoms with Gasteiger partial charge in [-0.3, -0.25) is 9.48 Å². The van der Waals surface area contributed by atoms with Crippen LogP contribution in [0.15, 0.2) is 25.2 Å². The Morgan fingerprint density at radius 1 is 1.29 bits per heavy atom. The predicted molar refractivity (Wildman–Crippen MR) is 126 cm³/mol. The first-order valence-electron chi connectivity index (χ1n) is 11.6. The largest absolute Gasteiger partial charge is 0.345 e. The first-order valence-corrected chi connectivity index (χ1v) is 11.6. The van der Waals surface area contributed by atoms with Crippen molar-refractivity contribution in [3.05, 3.63) is 42.1 Å². The number of hydrogen-bond donors (Lipinski definition) is 1. The molecule has 10 nitrogen and oxygen atoms in total. The number of hydrogen-bond acceptors (Lipinski definition) is 7. The van der Waals surface area contributed by atoms with Crippen LogP contribution < -0.4 is 10.2 Å². The third kappa shape index (κ3) is 4.15. The maximum atomic E-state index is 14.7. The molecule has 11 heteroatoms. The lowest BCUT2D eigenvalue weighted by Gasteiger charge is -2.17. The summed E-state index contributed by atoms with van der Waals surface area (Å²) < 4.78 is 18.6. The van der Waals surface area contributed by atoms with Gasteiger partial charge in [-0.25, -0.2) is 14.4 Å². The van der Waals surface area contributed by atoms with Gasteiger partial charge in [0.1, 0.15) is 11.7 Å². The number of likely N-dealkylation sites (N-methyl/N-ethyl adjacent to an activating group) is 1. The molecular formula is C23H30FN9O. The zero-order valence-corrected chi connectivity index (χ0v) is 19.8. The number of imidazole rings is 1. The van der Waals surface area contributed by atoms with E-state index in [1.54, 1.807) is 11.2 Å². The molecule has 3 aromatic heterocycles. The molecule has 0 spiro atoms. The molecular weight excluding hydrogens is 437 g/mol. The topological polar surface area (TPSA) is 97.0 Å². The first kappa shape index (κ1) is 22.5. The molecule has 3 aromatic rings. The summed E-state index contributed by atoms with van der Waals surface area (Å²) >= 11 is 0. The van der Waals surface area contributed by atoms with Gasteiger partial charge in [0.2, 0.25) is 11.9 Å². The summed E-state index contributed by atoms with van der Waals surface area (Å²) in [6, 6.07) is -0.258. The Bertz CT molecular complexity index is 1230. The molecule has 2 aliphatic heterocycles. The van der Waals surface area contributed by atoms with Crippen LogP contribution in [0.1, 0.15) is 29.4 Å². The molecule has 1 unspecified atom stereocenters. The van der Waals surface area contributed by atoms with Gasteiger partial charge in [-0.2, -0.15) is 10.1 Å². The van der Waals surface area contributed by atoms with Crippen molar-refractivity contribution in [1.82, 2.24) is 39.5 Å². The molecule has 1 N–H and O–H groups in total. The third-order valence-electron chi connectivity index (χ3n) is 6.78. The summed E-state index contributed by atoms with van der Waals surface area (Å²) in [7, 11) is 4.01. The van der Waals surface area contributed by atoms with E-state index in [0.717, 1.165) is 48.1 Å². The summed E-state index contributed by atoms with van der Waals surface area (Å²) in [4.78, 5) is 29.8. The number of nitrogens with one attached hydrogen (secondary N) is 1. The van der Waals surface area contributed by atoms with E-state index < -0.39 is 12.2 Å². The van der Waals surface area contributed by atoms with Crippen molar-refractivity contribution in [2.75, 3.05) is 38.1 Å². The van der Waals surface area contributed by atoms with Gasteiger partial charge in [0.25, 0.3) is 0 Å². The van der Waals surface area contributed by atoms with Gasteiger partial charge in [-0.15, -0.1) is 0 Å². The van der Waals surface area contributed by atoms with E-state index in [2.05, 4.69) is 44.7 Å². The van der Waals surface area contributed by atoms with Crippen LogP contribution in [0.2, 0.25) is 0 Å². The van der Waals surface area contributed by atoms with E-state index in [4.69, 9.17) is 10.1 Å². The van der Waals surface area contributed by atoms with E-state index in [1.807, 2.05) is 18.5 Å². The Hall–Kier alpha value is -3.34. The molecule has 0 bridgehead atoms. The second-order valence-corrected chi connectivity index (χ2v) is 9.34. The Labute approximate surface area is 197 Å². The van der Waals surface area contributed by atoms with Crippen molar-refractivity contribution in [2.24, 2.45) is 7.05 Å². The summed E-state index contributed by atoms with van der Waals surface area (Å²) in [6.45, 7) is 7.92. The average Bonchev–Trinajstić information content (AvgIpc) is 3.58. The second kappa shape index (κ2) is 8.79. The zero-order chi connectivity index (χ0) is 24.0. The predicted octanol–water partition coefficient (Wildman–Crippen LogP) is 1.16. The number of anilines is 1. The zero-order valence-electron chi connectivity index (χ0n) is 19.8. The molecule has 180 valence electrons. The maximum absolute atomic E-state index is 14.7. The van der Waals surface area contributed by atoms with E-state index in [-0.39, 0.29) is 19.0 Å². The second-order valence-electron chi connectivity index (χ2n) is 9.34. The summed E-state index contributed by atoms with van der Waals surface area (Å²) in [6.07, 6.45) is 5.40.